The number of rotatable bonds is 5. The molecule has 0 fully saturated rings. The summed E-state index contributed by atoms with van der Waals surface area (Å²) in [6.45, 7) is 2.86. The number of carbonyl (C=O) groups excluding carboxylic acids is 2. The highest BCUT2D eigenvalue weighted by molar-refractivity contribution is 5.93. The van der Waals surface area contributed by atoms with Crippen molar-refractivity contribution in [1.82, 2.24) is 5.32 Å². The van der Waals surface area contributed by atoms with Crippen LogP contribution in [0.25, 0.3) is 0 Å². The Labute approximate surface area is 147 Å². The molecular formula is C20H22N2O3. The van der Waals surface area contributed by atoms with Gasteiger partial charge < -0.3 is 15.4 Å². The third kappa shape index (κ3) is 4.59. The van der Waals surface area contributed by atoms with Crippen LogP contribution in [0.3, 0.4) is 0 Å². The molecule has 25 heavy (non-hydrogen) atoms. The fourth-order valence-electron chi connectivity index (χ4n) is 2.80. The van der Waals surface area contributed by atoms with E-state index in [4.69, 9.17) is 4.74 Å². The predicted octanol–water partition coefficient (Wildman–Crippen LogP) is 2.97. The largest absolute Gasteiger partial charge is 0.491 e. The quantitative estimate of drug-likeness (QED) is 0.881. The first-order valence-electron chi connectivity index (χ1n) is 8.48. The van der Waals surface area contributed by atoms with Crippen molar-refractivity contribution in [2.75, 3.05) is 11.9 Å². The molecule has 5 heteroatoms. The van der Waals surface area contributed by atoms with E-state index in [0.717, 1.165) is 12.0 Å². The number of carbonyl (C=O) groups is 2. The number of fused-ring (bicyclic) bond motifs is 1. The first-order chi connectivity index (χ1) is 12.1. The molecule has 0 aromatic heterocycles. The Morgan fingerprint density at radius 3 is 2.92 bits per heavy atom. The molecule has 1 heterocycles. The highest BCUT2D eigenvalue weighted by atomic mass is 16.5. The lowest BCUT2D eigenvalue weighted by Crippen LogP contribution is -2.23. The van der Waals surface area contributed by atoms with Crippen LogP contribution in [0.4, 0.5) is 5.69 Å². The molecule has 130 valence electrons. The van der Waals surface area contributed by atoms with E-state index >= 15 is 0 Å². The monoisotopic (exact) mass is 338 g/mol. The van der Waals surface area contributed by atoms with Gasteiger partial charge in [0.2, 0.25) is 11.8 Å². The van der Waals surface area contributed by atoms with E-state index in [0.29, 0.717) is 37.4 Å². The molecule has 0 spiro atoms. The van der Waals surface area contributed by atoms with Gasteiger partial charge in [0.1, 0.15) is 5.75 Å². The number of aryl methyl sites for hydroxylation is 2. The lowest BCUT2D eigenvalue weighted by Gasteiger charge is -2.11. The van der Waals surface area contributed by atoms with Crippen LogP contribution in [0, 0.1) is 6.92 Å². The van der Waals surface area contributed by atoms with Gasteiger partial charge in [-0.3, -0.25) is 9.59 Å². The number of benzene rings is 2. The molecule has 2 aromatic carbocycles. The Kier molecular flexibility index (Phi) is 5.33. The van der Waals surface area contributed by atoms with Crippen molar-refractivity contribution in [3.8, 4) is 5.75 Å². The maximum Gasteiger partial charge on any atom is 0.227 e. The number of nitrogens with one attached hydrogen (secondary N) is 2. The Morgan fingerprint density at radius 1 is 1.24 bits per heavy atom. The van der Waals surface area contributed by atoms with E-state index in [1.54, 1.807) is 0 Å². The molecule has 0 aliphatic carbocycles. The average Bonchev–Trinajstić information content (AvgIpc) is 2.79. The minimum atomic E-state index is -0.0573. The second-order valence-electron chi connectivity index (χ2n) is 6.18. The van der Waals surface area contributed by atoms with Gasteiger partial charge in [-0.2, -0.15) is 0 Å². The summed E-state index contributed by atoms with van der Waals surface area (Å²) in [4.78, 5) is 23.7. The molecule has 5 nitrogen and oxygen atoms in total. The summed E-state index contributed by atoms with van der Waals surface area (Å²) in [6, 6.07) is 13.7. The van der Waals surface area contributed by atoms with Crippen molar-refractivity contribution in [3.63, 3.8) is 0 Å². The molecule has 0 saturated heterocycles. The lowest BCUT2D eigenvalue weighted by molar-refractivity contribution is -0.121. The zero-order chi connectivity index (χ0) is 17.6. The van der Waals surface area contributed by atoms with Crippen molar-refractivity contribution >= 4 is 17.5 Å². The second kappa shape index (κ2) is 7.83. The SMILES string of the molecule is Cc1ccccc1CCC(=O)NCc1ccc2c(c1)NC(=O)CCO2. The number of hydrogen-bond acceptors (Lipinski definition) is 3. The van der Waals surface area contributed by atoms with Crippen molar-refractivity contribution in [1.29, 1.82) is 0 Å². The first kappa shape index (κ1) is 17.0. The summed E-state index contributed by atoms with van der Waals surface area (Å²) in [5.74, 6) is 0.622. The molecule has 0 bridgehead atoms. The molecule has 0 unspecified atom stereocenters. The highest BCUT2D eigenvalue weighted by Crippen LogP contribution is 2.28. The van der Waals surface area contributed by atoms with Crippen molar-refractivity contribution in [2.24, 2.45) is 0 Å². The summed E-state index contributed by atoms with van der Waals surface area (Å²) in [6.07, 6.45) is 1.53. The Balaban J connectivity index is 1.54. The van der Waals surface area contributed by atoms with E-state index in [9.17, 15) is 9.59 Å². The normalized spacial score (nSPS) is 13.2. The van der Waals surface area contributed by atoms with Crippen LogP contribution in [-0.4, -0.2) is 18.4 Å². The molecule has 2 aromatic rings. The van der Waals surface area contributed by atoms with Crippen molar-refractivity contribution in [3.05, 3.63) is 59.2 Å². The Hall–Kier alpha value is -2.82. The van der Waals surface area contributed by atoms with Gasteiger partial charge in [0, 0.05) is 13.0 Å². The van der Waals surface area contributed by atoms with Gasteiger partial charge >= 0.3 is 0 Å². The maximum absolute atomic E-state index is 12.1. The summed E-state index contributed by atoms with van der Waals surface area (Å²) in [7, 11) is 0. The van der Waals surface area contributed by atoms with E-state index in [1.807, 2.05) is 30.3 Å². The van der Waals surface area contributed by atoms with Gasteiger partial charge in [-0.15, -0.1) is 0 Å². The van der Waals surface area contributed by atoms with Crippen LogP contribution >= 0.6 is 0 Å². The van der Waals surface area contributed by atoms with Gasteiger partial charge in [0.25, 0.3) is 0 Å². The average molecular weight is 338 g/mol. The summed E-state index contributed by atoms with van der Waals surface area (Å²) < 4.78 is 5.53. The smallest absolute Gasteiger partial charge is 0.227 e. The van der Waals surface area contributed by atoms with E-state index in [-0.39, 0.29) is 11.8 Å². The van der Waals surface area contributed by atoms with Gasteiger partial charge in [-0.05, 0) is 42.2 Å². The molecule has 0 saturated carbocycles. The molecule has 1 aliphatic rings. The van der Waals surface area contributed by atoms with Crippen LogP contribution in [0.1, 0.15) is 29.5 Å². The summed E-state index contributed by atoms with van der Waals surface area (Å²) in [5, 5.41) is 5.76. The van der Waals surface area contributed by atoms with E-state index in [1.165, 1.54) is 11.1 Å². The third-order valence-electron chi connectivity index (χ3n) is 4.28. The molecule has 2 N–H and O–H groups in total. The van der Waals surface area contributed by atoms with E-state index in [2.05, 4.69) is 29.7 Å². The molecule has 0 atom stereocenters. The van der Waals surface area contributed by atoms with Crippen LogP contribution in [-0.2, 0) is 22.6 Å². The number of amides is 2. The first-order valence-corrected chi connectivity index (χ1v) is 8.48. The molecular weight excluding hydrogens is 316 g/mol. The molecule has 3 rings (SSSR count). The summed E-state index contributed by atoms with van der Waals surface area (Å²) >= 11 is 0. The van der Waals surface area contributed by atoms with Crippen LogP contribution in [0.5, 0.6) is 5.75 Å². The van der Waals surface area contributed by atoms with Crippen molar-refractivity contribution < 1.29 is 14.3 Å². The zero-order valence-electron chi connectivity index (χ0n) is 14.3. The molecule has 1 aliphatic heterocycles. The van der Waals surface area contributed by atoms with Gasteiger partial charge in [-0.25, -0.2) is 0 Å². The minimum Gasteiger partial charge on any atom is -0.491 e. The topological polar surface area (TPSA) is 67.4 Å². The fourth-order valence-corrected chi connectivity index (χ4v) is 2.80. The zero-order valence-corrected chi connectivity index (χ0v) is 14.3. The molecule has 2 amide bonds. The number of hydrogen-bond donors (Lipinski definition) is 2. The lowest BCUT2D eigenvalue weighted by atomic mass is 10.0. The van der Waals surface area contributed by atoms with Gasteiger partial charge in [0.05, 0.1) is 18.7 Å². The minimum absolute atomic E-state index is 0.0125. The van der Waals surface area contributed by atoms with Gasteiger partial charge in [-0.1, -0.05) is 30.3 Å². The Bertz CT molecular complexity index is 786. The van der Waals surface area contributed by atoms with Crippen LogP contribution in [0.15, 0.2) is 42.5 Å². The number of anilines is 1. The maximum atomic E-state index is 12.1. The van der Waals surface area contributed by atoms with E-state index < -0.39 is 0 Å². The fraction of sp³-hybridized carbons (Fsp3) is 0.300. The Morgan fingerprint density at radius 2 is 2.08 bits per heavy atom. The second-order valence-corrected chi connectivity index (χ2v) is 6.18. The van der Waals surface area contributed by atoms with Crippen molar-refractivity contribution in [2.45, 2.75) is 32.7 Å². The van der Waals surface area contributed by atoms with Crippen LogP contribution < -0.4 is 15.4 Å². The molecule has 0 radical (unpaired) electrons. The third-order valence-corrected chi connectivity index (χ3v) is 4.28. The number of ether oxygens (including phenoxy) is 1. The summed E-state index contributed by atoms with van der Waals surface area (Å²) in [5.41, 5.74) is 3.99. The standard InChI is InChI=1S/C20H22N2O3/c1-14-4-2-3-5-16(14)7-9-19(23)21-13-15-6-8-18-17(12-15)22-20(24)10-11-25-18/h2-6,8,12H,7,9-11,13H2,1H3,(H,21,23)(H,22,24). The van der Waals surface area contributed by atoms with Crippen LogP contribution in [0.2, 0.25) is 0 Å². The van der Waals surface area contributed by atoms with Gasteiger partial charge in [0.15, 0.2) is 0 Å². The predicted molar refractivity (Wildman–Crippen MR) is 96.5 cm³/mol. The highest BCUT2D eigenvalue weighted by Gasteiger charge is 2.14.